The van der Waals surface area contributed by atoms with Gasteiger partial charge in [0.2, 0.25) is 10.6 Å². The zero-order chi connectivity index (χ0) is 18.4. The van der Waals surface area contributed by atoms with Gasteiger partial charge in [0, 0.05) is 22.0 Å². The van der Waals surface area contributed by atoms with Gasteiger partial charge in [-0.1, -0.05) is 48.5 Å². The molecule has 0 fully saturated rings. The van der Waals surface area contributed by atoms with Crippen LogP contribution in [0, 0.1) is 0 Å². The molecule has 5 aromatic rings. The molecule has 27 heavy (non-hydrogen) atoms. The summed E-state index contributed by atoms with van der Waals surface area (Å²) in [6.07, 6.45) is 0. The van der Waals surface area contributed by atoms with Crippen molar-refractivity contribution >= 4 is 45.0 Å². The monoisotopic (exact) mass is 390 g/mol. The Kier molecular flexibility index (Phi) is 3.81. The summed E-state index contributed by atoms with van der Waals surface area (Å²) < 4.78 is 2.21. The van der Waals surface area contributed by atoms with Crippen molar-refractivity contribution in [1.29, 1.82) is 0 Å². The Hall–Kier alpha value is -2.95. The lowest BCUT2D eigenvalue weighted by atomic mass is 10.1. The van der Waals surface area contributed by atoms with E-state index >= 15 is 0 Å². The van der Waals surface area contributed by atoms with Gasteiger partial charge in [0.1, 0.15) is 0 Å². The van der Waals surface area contributed by atoms with Crippen molar-refractivity contribution in [3.05, 3.63) is 83.4 Å². The van der Waals surface area contributed by atoms with Crippen LogP contribution in [0.15, 0.2) is 72.8 Å². The van der Waals surface area contributed by atoms with E-state index in [0.29, 0.717) is 5.82 Å². The summed E-state index contributed by atoms with van der Waals surface area (Å²) in [4.78, 5) is 12.5. The van der Waals surface area contributed by atoms with Gasteiger partial charge < -0.3 is 4.57 Å². The Morgan fingerprint density at radius 1 is 0.630 bits per heavy atom. The van der Waals surface area contributed by atoms with Gasteiger partial charge in [-0.15, -0.1) is 0 Å². The minimum absolute atomic E-state index is 0.0735. The molecule has 3 aromatic carbocycles. The summed E-state index contributed by atoms with van der Waals surface area (Å²) in [5.41, 5.74) is 4.02. The maximum atomic E-state index is 6.03. The molecule has 0 bridgehead atoms. The van der Waals surface area contributed by atoms with Gasteiger partial charge in [-0.3, -0.25) is 0 Å². The summed E-state index contributed by atoms with van der Waals surface area (Å²) in [6, 6.07) is 24.6. The number of benzene rings is 3. The molecular weight excluding hydrogens is 379 g/mol. The predicted octanol–water partition coefficient (Wildman–Crippen LogP) is 5.94. The first-order chi connectivity index (χ1) is 13.2. The number of nitrogens with zero attached hydrogens (tertiary/aromatic N) is 4. The Morgan fingerprint density at radius 3 is 2.07 bits per heavy atom. The van der Waals surface area contributed by atoms with Crippen molar-refractivity contribution in [3.8, 4) is 17.1 Å². The molecule has 0 spiro atoms. The second-order valence-corrected chi connectivity index (χ2v) is 6.76. The van der Waals surface area contributed by atoms with Gasteiger partial charge in [-0.05, 0) is 47.5 Å². The second kappa shape index (κ2) is 6.34. The molecule has 0 aliphatic rings. The first kappa shape index (κ1) is 16.2. The molecule has 6 heteroatoms. The van der Waals surface area contributed by atoms with Crippen LogP contribution in [-0.2, 0) is 0 Å². The van der Waals surface area contributed by atoms with Gasteiger partial charge >= 0.3 is 0 Å². The van der Waals surface area contributed by atoms with Crippen LogP contribution in [0.5, 0.6) is 0 Å². The highest BCUT2D eigenvalue weighted by atomic mass is 35.5. The number of hydrogen-bond acceptors (Lipinski definition) is 3. The number of para-hydroxylation sites is 3. The molecule has 0 aliphatic carbocycles. The third kappa shape index (κ3) is 2.65. The maximum absolute atomic E-state index is 6.03. The first-order valence-electron chi connectivity index (χ1n) is 8.37. The molecule has 0 aliphatic heterocycles. The van der Waals surface area contributed by atoms with Crippen molar-refractivity contribution in [3.63, 3.8) is 0 Å². The summed E-state index contributed by atoms with van der Waals surface area (Å²) >= 11 is 12.1. The van der Waals surface area contributed by atoms with E-state index in [0.717, 1.165) is 33.1 Å². The number of aromatic nitrogens is 4. The normalized spacial score (nSPS) is 11.3. The average Bonchev–Trinajstić information content (AvgIpc) is 3.02. The maximum Gasteiger partial charge on any atom is 0.227 e. The summed E-state index contributed by atoms with van der Waals surface area (Å²) in [5, 5.41) is 2.41. The third-order valence-electron chi connectivity index (χ3n) is 4.53. The fourth-order valence-electron chi connectivity index (χ4n) is 3.49. The van der Waals surface area contributed by atoms with Gasteiger partial charge in [-0.2, -0.15) is 15.0 Å². The summed E-state index contributed by atoms with van der Waals surface area (Å²) in [6.45, 7) is 0. The first-order valence-corrected chi connectivity index (χ1v) is 9.13. The molecule has 4 nitrogen and oxygen atoms in total. The molecular formula is C21H12Cl2N4. The number of hydrogen-bond donors (Lipinski definition) is 0. The summed E-state index contributed by atoms with van der Waals surface area (Å²) in [5.74, 6) is 0.450. The van der Waals surface area contributed by atoms with E-state index in [1.165, 1.54) is 0 Å². The highest BCUT2D eigenvalue weighted by molar-refractivity contribution is 6.31. The lowest BCUT2D eigenvalue weighted by molar-refractivity contribution is 1.06. The van der Waals surface area contributed by atoms with Crippen LogP contribution in [0.2, 0.25) is 10.6 Å². The molecule has 0 amide bonds. The van der Waals surface area contributed by atoms with E-state index in [4.69, 9.17) is 23.2 Å². The molecule has 2 aromatic heterocycles. The van der Waals surface area contributed by atoms with Crippen molar-refractivity contribution in [2.24, 2.45) is 0 Å². The van der Waals surface area contributed by atoms with Crippen LogP contribution >= 0.6 is 23.2 Å². The number of rotatable bonds is 2. The Labute approximate surface area is 165 Å². The van der Waals surface area contributed by atoms with Crippen molar-refractivity contribution < 1.29 is 0 Å². The topological polar surface area (TPSA) is 43.6 Å². The fourth-order valence-corrected chi connectivity index (χ4v) is 3.85. The fraction of sp³-hybridized carbons (Fsp3) is 0. The van der Waals surface area contributed by atoms with Crippen molar-refractivity contribution in [2.45, 2.75) is 0 Å². The molecule has 0 saturated heterocycles. The third-order valence-corrected chi connectivity index (χ3v) is 4.87. The smallest absolute Gasteiger partial charge is 0.227 e. The SMILES string of the molecule is Clc1nc(Cl)nc(-c2cccc3c4ccccc4n(-c4ccccc4)c23)n1. The minimum Gasteiger partial charge on any atom is -0.309 e. The molecule has 0 radical (unpaired) electrons. The largest absolute Gasteiger partial charge is 0.309 e. The number of halogens is 2. The van der Waals surface area contributed by atoms with Crippen molar-refractivity contribution in [2.75, 3.05) is 0 Å². The quantitative estimate of drug-likeness (QED) is 0.374. The van der Waals surface area contributed by atoms with E-state index in [1.54, 1.807) is 0 Å². The minimum atomic E-state index is 0.0735. The van der Waals surface area contributed by atoms with E-state index in [-0.39, 0.29) is 10.6 Å². The highest BCUT2D eigenvalue weighted by Crippen LogP contribution is 2.37. The zero-order valence-corrected chi connectivity index (χ0v) is 15.5. The lowest BCUT2D eigenvalue weighted by Gasteiger charge is -2.10. The van der Waals surface area contributed by atoms with Gasteiger partial charge in [0.25, 0.3) is 0 Å². The van der Waals surface area contributed by atoms with Crippen molar-refractivity contribution in [1.82, 2.24) is 19.5 Å². The zero-order valence-electron chi connectivity index (χ0n) is 14.0. The van der Waals surface area contributed by atoms with E-state index in [9.17, 15) is 0 Å². The van der Waals surface area contributed by atoms with Crippen LogP contribution in [0.1, 0.15) is 0 Å². The van der Waals surface area contributed by atoms with E-state index < -0.39 is 0 Å². The average molecular weight is 391 g/mol. The Morgan fingerprint density at radius 2 is 1.30 bits per heavy atom. The second-order valence-electron chi connectivity index (χ2n) is 6.09. The predicted molar refractivity (Wildman–Crippen MR) is 110 cm³/mol. The Bertz CT molecular complexity index is 1280. The van der Waals surface area contributed by atoms with E-state index in [1.807, 2.05) is 42.5 Å². The molecule has 5 rings (SSSR count). The molecule has 0 atom stereocenters. The Balaban J connectivity index is 1.97. The van der Waals surface area contributed by atoms with Gasteiger partial charge in [0.15, 0.2) is 5.82 Å². The molecule has 0 unspecified atom stereocenters. The molecule has 0 saturated carbocycles. The molecule has 0 N–H and O–H groups in total. The lowest BCUT2D eigenvalue weighted by Crippen LogP contribution is -1.98. The highest BCUT2D eigenvalue weighted by Gasteiger charge is 2.18. The molecule has 130 valence electrons. The van der Waals surface area contributed by atoms with E-state index in [2.05, 4.69) is 49.9 Å². The van der Waals surface area contributed by atoms with Gasteiger partial charge in [0.05, 0.1) is 11.0 Å². The summed E-state index contributed by atoms with van der Waals surface area (Å²) in [7, 11) is 0. The standard InChI is InChI=1S/C21H12Cl2N4/c22-20-24-19(25-21(23)26-20)16-11-6-10-15-14-9-4-5-12-17(14)27(18(15)16)13-7-2-1-3-8-13/h1-12H. The number of fused-ring (bicyclic) bond motifs is 3. The van der Waals surface area contributed by atoms with Gasteiger partial charge in [-0.25, -0.2) is 0 Å². The van der Waals surface area contributed by atoms with Crippen LogP contribution in [0.25, 0.3) is 38.9 Å². The van der Waals surface area contributed by atoms with Crippen LogP contribution in [0.4, 0.5) is 0 Å². The molecule has 2 heterocycles. The van der Waals surface area contributed by atoms with Crippen LogP contribution < -0.4 is 0 Å². The van der Waals surface area contributed by atoms with Crippen LogP contribution in [-0.4, -0.2) is 19.5 Å². The van der Waals surface area contributed by atoms with Crippen LogP contribution in [0.3, 0.4) is 0 Å².